The number of rotatable bonds is 10. The topological polar surface area (TPSA) is 26.3 Å². The van der Waals surface area contributed by atoms with E-state index in [9.17, 15) is 4.79 Å². The molecule has 110 valence electrons. The monoisotopic (exact) mass is 282 g/mol. The lowest BCUT2D eigenvalue weighted by atomic mass is 10.2. The predicted octanol–water partition coefficient (Wildman–Crippen LogP) is 4.55. The number of carbonyl (C=O) groups excluding carboxylic acids is 1. The van der Waals surface area contributed by atoms with Crippen LogP contribution in [-0.4, -0.2) is 20.7 Å². The van der Waals surface area contributed by atoms with Gasteiger partial charge in [-0.25, -0.2) is 0 Å². The number of carbonyl (C=O) groups is 1. The third-order valence-electron chi connectivity index (χ3n) is 3.82. The first-order valence-corrected chi connectivity index (χ1v) is 10.3. The lowest BCUT2D eigenvalue weighted by Gasteiger charge is -2.30. The molecule has 0 N–H and O–H groups in total. The maximum atomic E-state index is 11.1. The largest absolute Gasteiger partial charge is 0.406 e. The fourth-order valence-corrected chi connectivity index (χ4v) is 4.94. The van der Waals surface area contributed by atoms with E-state index in [-0.39, 0.29) is 6.10 Å². The van der Waals surface area contributed by atoms with Crippen molar-refractivity contribution in [3.05, 3.63) is 0 Å². The fraction of sp³-hybridized carbons (Fsp3) is 0.812. The van der Waals surface area contributed by atoms with Gasteiger partial charge in [-0.3, -0.25) is 0 Å². The Morgan fingerprint density at radius 3 is 2.16 bits per heavy atom. The summed E-state index contributed by atoms with van der Waals surface area (Å²) >= 11 is 0. The maximum absolute atomic E-state index is 11.1. The van der Waals surface area contributed by atoms with Crippen LogP contribution in [0, 0.1) is 11.8 Å². The molecule has 0 unspecified atom stereocenters. The molecule has 0 spiro atoms. The third-order valence-corrected chi connectivity index (χ3v) is 8.49. The first-order valence-electron chi connectivity index (χ1n) is 7.76. The van der Waals surface area contributed by atoms with E-state index in [1.807, 2.05) is 0 Å². The highest BCUT2D eigenvalue weighted by molar-refractivity contribution is 6.73. The Hall–Kier alpha value is -0.593. The van der Waals surface area contributed by atoms with Crippen molar-refractivity contribution in [2.75, 3.05) is 0 Å². The number of unbranched alkanes of at least 4 members (excludes halogenated alkanes) is 3. The smallest absolute Gasteiger partial charge is 0.193 e. The van der Waals surface area contributed by atoms with Gasteiger partial charge in [0.2, 0.25) is 0 Å². The molecule has 0 radical (unpaired) electrons. The maximum Gasteiger partial charge on any atom is 0.193 e. The SMILES string of the molecule is CCCCCC#CC[C@@H](C=O)O[Si](CC)(CC)CC. The van der Waals surface area contributed by atoms with E-state index in [0.29, 0.717) is 6.42 Å². The van der Waals surface area contributed by atoms with Gasteiger partial charge >= 0.3 is 0 Å². The van der Waals surface area contributed by atoms with Crippen LogP contribution in [0.2, 0.25) is 18.1 Å². The van der Waals surface area contributed by atoms with Gasteiger partial charge in [0, 0.05) is 12.8 Å². The number of hydrogen-bond donors (Lipinski definition) is 0. The van der Waals surface area contributed by atoms with Crippen LogP contribution in [0.4, 0.5) is 0 Å². The van der Waals surface area contributed by atoms with Crippen LogP contribution in [0.1, 0.15) is 59.8 Å². The molecule has 0 bridgehead atoms. The molecule has 2 nitrogen and oxygen atoms in total. The minimum Gasteiger partial charge on any atom is -0.406 e. The van der Waals surface area contributed by atoms with Gasteiger partial charge in [0.05, 0.1) is 0 Å². The number of aldehydes is 1. The highest BCUT2D eigenvalue weighted by Gasteiger charge is 2.31. The van der Waals surface area contributed by atoms with Crippen molar-refractivity contribution in [2.45, 2.75) is 84.0 Å². The molecular weight excluding hydrogens is 252 g/mol. The minimum atomic E-state index is -1.68. The van der Waals surface area contributed by atoms with Crippen LogP contribution in [0.25, 0.3) is 0 Å². The van der Waals surface area contributed by atoms with Crippen molar-refractivity contribution in [3.8, 4) is 11.8 Å². The average Bonchev–Trinajstić information content (AvgIpc) is 2.46. The van der Waals surface area contributed by atoms with E-state index < -0.39 is 8.32 Å². The molecule has 0 aliphatic carbocycles. The zero-order valence-corrected chi connectivity index (χ0v) is 14.1. The van der Waals surface area contributed by atoms with Crippen LogP contribution in [0.3, 0.4) is 0 Å². The Balaban J connectivity index is 4.23. The molecule has 0 aromatic carbocycles. The molecule has 0 aliphatic heterocycles. The van der Waals surface area contributed by atoms with E-state index in [1.165, 1.54) is 12.8 Å². The predicted molar refractivity (Wildman–Crippen MR) is 84.7 cm³/mol. The summed E-state index contributed by atoms with van der Waals surface area (Å²) in [5.41, 5.74) is 0. The quantitative estimate of drug-likeness (QED) is 0.254. The molecule has 3 heteroatoms. The van der Waals surface area contributed by atoms with Gasteiger partial charge in [0.1, 0.15) is 12.4 Å². The second kappa shape index (κ2) is 11.3. The van der Waals surface area contributed by atoms with E-state index >= 15 is 0 Å². The zero-order chi connectivity index (χ0) is 14.6. The Morgan fingerprint density at radius 1 is 1.05 bits per heavy atom. The second-order valence-electron chi connectivity index (χ2n) is 5.05. The molecule has 19 heavy (non-hydrogen) atoms. The molecule has 0 saturated carbocycles. The van der Waals surface area contributed by atoms with Crippen molar-refractivity contribution < 1.29 is 9.22 Å². The summed E-state index contributed by atoms with van der Waals surface area (Å²) in [7, 11) is -1.68. The summed E-state index contributed by atoms with van der Waals surface area (Å²) in [6.45, 7) is 8.72. The standard InChI is InChI=1S/C16H30O2Si/c1-5-9-10-11-12-13-14-16(15-17)18-19(6-2,7-3)8-4/h15-16H,5-11,14H2,1-4H3/t16-/m0/s1. The van der Waals surface area contributed by atoms with Crippen molar-refractivity contribution in [1.82, 2.24) is 0 Å². The van der Waals surface area contributed by atoms with Crippen LogP contribution < -0.4 is 0 Å². The van der Waals surface area contributed by atoms with Crippen molar-refractivity contribution >= 4 is 14.6 Å². The molecule has 0 rings (SSSR count). The normalized spacial score (nSPS) is 12.6. The summed E-state index contributed by atoms with van der Waals surface area (Å²) in [4.78, 5) is 11.1. The Labute approximate surface area is 120 Å². The second-order valence-corrected chi connectivity index (χ2v) is 9.77. The minimum absolute atomic E-state index is 0.315. The van der Waals surface area contributed by atoms with E-state index in [4.69, 9.17) is 4.43 Å². The van der Waals surface area contributed by atoms with Gasteiger partial charge in [0.25, 0.3) is 0 Å². The summed E-state index contributed by atoms with van der Waals surface area (Å²) in [5, 5.41) is 0. The Morgan fingerprint density at radius 2 is 1.68 bits per heavy atom. The van der Waals surface area contributed by atoms with Crippen molar-refractivity contribution in [2.24, 2.45) is 0 Å². The molecule has 0 aliphatic rings. The lowest BCUT2D eigenvalue weighted by Crippen LogP contribution is -2.40. The van der Waals surface area contributed by atoms with Gasteiger partial charge < -0.3 is 9.22 Å². The van der Waals surface area contributed by atoms with Crippen molar-refractivity contribution in [3.63, 3.8) is 0 Å². The highest BCUT2D eigenvalue weighted by Crippen LogP contribution is 2.23. The van der Waals surface area contributed by atoms with E-state index in [1.54, 1.807) is 0 Å². The van der Waals surface area contributed by atoms with Crippen LogP contribution >= 0.6 is 0 Å². The average molecular weight is 282 g/mol. The van der Waals surface area contributed by atoms with E-state index in [2.05, 4.69) is 39.5 Å². The summed E-state index contributed by atoms with van der Waals surface area (Å²) < 4.78 is 6.13. The van der Waals surface area contributed by atoms with Crippen LogP contribution in [0.15, 0.2) is 0 Å². The summed E-state index contributed by atoms with van der Waals surface area (Å²) in [6, 6.07) is 3.23. The number of hydrogen-bond acceptors (Lipinski definition) is 2. The summed E-state index contributed by atoms with van der Waals surface area (Å²) in [6.07, 6.45) is 5.74. The van der Waals surface area contributed by atoms with Crippen LogP contribution in [0.5, 0.6) is 0 Å². The third kappa shape index (κ3) is 7.54. The van der Waals surface area contributed by atoms with Gasteiger partial charge in [0.15, 0.2) is 8.32 Å². The first-order chi connectivity index (χ1) is 9.17. The Kier molecular flexibility index (Phi) is 10.9. The highest BCUT2D eigenvalue weighted by atomic mass is 28.4. The van der Waals surface area contributed by atoms with Gasteiger partial charge in [-0.1, -0.05) is 40.5 Å². The first kappa shape index (κ1) is 18.4. The molecular formula is C16H30O2Si. The van der Waals surface area contributed by atoms with Crippen LogP contribution in [-0.2, 0) is 9.22 Å². The molecule has 0 aromatic rings. The van der Waals surface area contributed by atoms with Gasteiger partial charge in [-0.15, -0.1) is 11.8 Å². The molecule has 0 saturated heterocycles. The van der Waals surface area contributed by atoms with Crippen molar-refractivity contribution in [1.29, 1.82) is 0 Å². The molecule has 0 fully saturated rings. The Bertz CT molecular complexity index is 279. The lowest BCUT2D eigenvalue weighted by molar-refractivity contribution is -0.113. The molecule has 0 aromatic heterocycles. The fourth-order valence-electron chi connectivity index (χ4n) is 2.16. The molecule has 0 heterocycles. The van der Waals surface area contributed by atoms with E-state index in [0.717, 1.165) is 37.3 Å². The summed E-state index contributed by atoms with van der Waals surface area (Å²) in [5.74, 6) is 6.26. The molecule has 1 atom stereocenters. The van der Waals surface area contributed by atoms with Gasteiger partial charge in [-0.05, 0) is 24.6 Å². The zero-order valence-electron chi connectivity index (χ0n) is 13.1. The molecule has 0 amide bonds. The van der Waals surface area contributed by atoms with Gasteiger partial charge in [-0.2, -0.15) is 0 Å².